The maximum Gasteiger partial charge on any atom is 0.0854 e. The Morgan fingerprint density at radius 1 is 1.00 bits per heavy atom. The second kappa shape index (κ2) is 8.35. The maximum atomic E-state index is 9.62. The number of nitrogens with zero attached hydrogens (tertiary/aromatic N) is 1. The third kappa shape index (κ3) is 3.82. The lowest BCUT2D eigenvalue weighted by atomic mass is 9.93. The van der Waals surface area contributed by atoms with Crippen LogP contribution >= 0.6 is 0 Å². The topological polar surface area (TPSA) is 25.2 Å². The van der Waals surface area contributed by atoms with Crippen LogP contribution < -0.4 is 0 Å². The first-order valence-corrected chi connectivity index (χ1v) is 9.82. The average molecular weight is 372 g/mol. The molecular weight excluding hydrogens is 342 g/mol. The van der Waals surface area contributed by atoms with Crippen LogP contribution in [-0.4, -0.2) is 9.67 Å². The Morgan fingerprint density at radius 2 is 1.71 bits per heavy atom. The minimum absolute atomic E-state index is 0.219. The maximum absolute atomic E-state index is 9.62. The monoisotopic (exact) mass is 371 g/mol. The molecule has 0 bridgehead atoms. The molecule has 3 aromatic rings. The number of rotatable bonds is 8. The number of benzene rings is 2. The highest BCUT2D eigenvalue weighted by Crippen LogP contribution is 2.37. The molecule has 0 unspecified atom stereocenters. The number of fused-ring (bicyclic) bond motifs is 1. The first-order valence-electron chi connectivity index (χ1n) is 9.82. The first-order chi connectivity index (χ1) is 13.4. The standard InChI is InChI=1S/C26H29NO/c1-6-23-25(20(5)18(2)3)26-22(16-15-19(4)28)13-10-14-24(26)27(23)17-21-11-8-7-9-12-21/h7-14,28H,2,4-6,15-17H2,1,3H3. The van der Waals surface area contributed by atoms with Gasteiger partial charge in [-0.2, -0.15) is 0 Å². The molecule has 2 heteroatoms. The Morgan fingerprint density at radius 3 is 2.32 bits per heavy atom. The van der Waals surface area contributed by atoms with Crippen LogP contribution in [0.3, 0.4) is 0 Å². The van der Waals surface area contributed by atoms with Crippen molar-refractivity contribution in [2.45, 2.75) is 39.7 Å². The number of hydrogen-bond acceptors (Lipinski definition) is 1. The summed E-state index contributed by atoms with van der Waals surface area (Å²) in [5, 5.41) is 10.8. The molecule has 1 heterocycles. The Labute approximate surface area is 168 Å². The van der Waals surface area contributed by atoms with E-state index in [0.29, 0.717) is 6.42 Å². The van der Waals surface area contributed by atoms with Crippen LogP contribution in [0.4, 0.5) is 0 Å². The SMILES string of the molecule is C=C(O)CCc1cccc2c1c(C(=C)C(=C)C)c(CC)n2Cc1ccccc1. The zero-order valence-corrected chi connectivity index (χ0v) is 17.0. The molecule has 0 fully saturated rings. The zero-order valence-electron chi connectivity index (χ0n) is 17.0. The molecule has 144 valence electrons. The molecule has 0 aliphatic heterocycles. The van der Waals surface area contributed by atoms with Crippen LogP contribution in [0.1, 0.15) is 42.7 Å². The summed E-state index contributed by atoms with van der Waals surface area (Å²) in [6.07, 6.45) is 2.22. The van der Waals surface area contributed by atoms with Crippen LogP contribution in [0.5, 0.6) is 0 Å². The average Bonchev–Trinajstić information content (AvgIpc) is 3.00. The van der Waals surface area contributed by atoms with Crippen LogP contribution in [0, 0.1) is 0 Å². The quantitative estimate of drug-likeness (QED) is 0.340. The van der Waals surface area contributed by atoms with Gasteiger partial charge in [0.1, 0.15) is 0 Å². The van der Waals surface area contributed by atoms with Crippen molar-refractivity contribution < 1.29 is 5.11 Å². The van der Waals surface area contributed by atoms with E-state index in [2.05, 4.69) is 73.7 Å². The summed E-state index contributed by atoms with van der Waals surface area (Å²) >= 11 is 0. The molecule has 1 N–H and O–H groups in total. The molecule has 0 amide bonds. The summed E-state index contributed by atoms with van der Waals surface area (Å²) in [5.41, 5.74) is 8.14. The first kappa shape index (κ1) is 19.8. The van der Waals surface area contributed by atoms with E-state index in [0.717, 1.165) is 30.5 Å². The molecule has 0 radical (unpaired) electrons. The molecule has 0 spiro atoms. The Hall–Kier alpha value is -3.00. The van der Waals surface area contributed by atoms with Gasteiger partial charge < -0.3 is 9.67 Å². The van der Waals surface area contributed by atoms with E-state index < -0.39 is 0 Å². The van der Waals surface area contributed by atoms with Gasteiger partial charge in [0.05, 0.1) is 5.76 Å². The van der Waals surface area contributed by atoms with Crippen molar-refractivity contribution in [2.75, 3.05) is 0 Å². The van der Waals surface area contributed by atoms with Gasteiger partial charge >= 0.3 is 0 Å². The van der Waals surface area contributed by atoms with E-state index in [9.17, 15) is 5.11 Å². The largest absolute Gasteiger partial charge is 0.513 e. The molecule has 28 heavy (non-hydrogen) atoms. The van der Waals surface area contributed by atoms with Gasteiger partial charge in [-0.1, -0.05) is 74.7 Å². The van der Waals surface area contributed by atoms with Crippen molar-refractivity contribution in [3.63, 3.8) is 0 Å². The minimum atomic E-state index is 0.219. The summed E-state index contributed by atoms with van der Waals surface area (Å²) in [7, 11) is 0. The van der Waals surface area contributed by atoms with Crippen molar-refractivity contribution in [1.82, 2.24) is 4.57 Å². The second-order valence-corrected chi connectivity index (χ2v) is 7.38. The number of aryl methyl sites for hydroxylation is 1. The highest BCUT2D eigenvalue weighted by Gasteiger charge is 2.21. The van der Waals surface area contributed by atoms with Gasteiger partial charge in [0, 0.05) is 35.1 Å². The summed E-state index contributed by atoms with van der Waals surface area (Å²) in [5.74, 6) is 0.219. The van der Waals surface area contributed by atoms with E-state index in [-0.39, 0.29) is 5.76 Å². The van der Waals surface area contributed by atoms with Gasteiger partial charge in [-0.25, -0.2) is 0 Å². The molecular formula is C26H29NO. The molecule has 0 saturated heterocycles. The second-order valence-electron chi connectivity index (χ2n) is 7.38. The summed E-state index contributed by atoms with van der Waals surface area (Å²) in [4.78, 5) is 0. The van der Waals surface area contributed by atoms with Crippen molar-refractivity contribution in [3.05, 3.63) is 102 Å². The van der Waals surface area contributed by atoms with Crippen LogP contribution in [0.2, 0.25) is 0 Å². The van der Waals surface area contributed by atoms with E-state index in [4.69, 9.17) is 0 Å². The van der Waals surface area contributed by atoms with Gasteiger partial charge in [-0.3, -0.25) is 0 Å². The van der Waals surface area contributed by atoms with Gasteiger partial charge in [0.25, 0.3) is 0 Å². The highest BCUT2D eigenvalue weighted by molar-refractivity contribution is 6.00. The normalized spacial score (nSPS) is 10.9. The van der Waals surface area contributed by atoms with Crippen LogP contribution in [-0.2, 0) is 19.4 Å². The number of aliphatic hydroxyl groups is 1. The number of aromatic nitrogens is 1. The van der Waals surface area contributed by atoms with Crippen LogP contribution in [0.25, 0.3) is 16.5 Å². The molecule has 0 saturated carbocycles. The Kier molecular flexibility index (Phi) is 5.89. The van der Waals surface area contributed by atoms with Gasteiger partial charge in [0.2, 0.25) is 0 Å². The number of aliphatic hydroxyl groups excluding tert-OH is 1. The predicted octanol–water partition coefficient (Wildman–Crippen LogP) is 6.85. The molecule has 2 nitrogen and oxygen atoms in total. The lowest BCUT2D eigenvalue weighted by Crippen LogP contribution is -2.05. The smallest absolute Gasteiger partial charge is 0.0854 e. The lowest BCUT2D eigenvalue weighted by Gasteiger charge is -2.12. The minimum Gasteiger partial charge on any atom is -0.513 e. The fourth-order valence-electron chi connectivity index (χ4n) is 3.86. The number of allylic oxidation sites excluding steroid dienone is 3. The van der Waals surface area contributed by atoms with Crippen molar-refractivity contribution in [1.29, 1.82) is 0 Å². The molecule has 0 atom stereocenters. The summed E-state index contributed by atoms with van der Waals surface area (Å²) in [6.45, 7) is 17.2. The molecule has 2 aromatic carbocycles. The summed E-state index contributed by atoms with van der Waals surface area (Å²) in [6, 6.07) is 17.0. The third-order valence-corrected chi connectivity index (χ3v) is 5.30. The molecule has 0 aliphatic carbocycles. The van der Waals surface area contributed by atoms with Gasteiger partial charge in [0.15, 0.2) is 0 Å². The van der Waals surface area contributed by atoms with Crippen molar-refractivity contribution in [3.8, 4) is 0 Å². The zero-order chi connectivity index (χ0) is 20.3. The fourth-order valence-corrected chi connectivity index (χ4v) is 3.86. The van der Waals surface area contributed by atoms with E-state index in [1.165, 1.54) is 33.3 Å². The van der Waals surface area contributed by atoms with E-state index >= 15 is 0 Å². The molecule has 0 aliphatic rings. The Bertz CT molecular complexity index is 1040. The third-order valence-electron chi connectivity index (χ3n) is 5.30. The van der Waals surface area contributed by atoms with Crippen molar-refractivity contribution >= 4 is 16.5 Å². The highest BCUT2D eigenvalue weighted by atomic mass is 16.3. The van der Waals surface area contributed by atoms with E-state index in [1.807, 2.05) is 13.0 Å². The van der Waals surface area contributed by atoms with Crippen LogP contribution in [0.15, 0.2) is 79.6 Å². The van der Waals surface area contributed by atoms with Crippen molar-refractivity contribution in [2.24, 2.45) is 0 Å². The predicted molar refractivity (Wildman–Crippen MR) is 121 cm³/mol. The molecule has 1 aromatic heterocycles. The summed E-state index contributed by atoms with van der Waals surface area (Å²) < 4.78 is 2.41. The Balaban J connectivity index is 2.27. The number of hydrogen-bond donors (Lipinski definition) is 1. The lowest BCUT2D eigenvalue weighted by molar-refractivity contribution is 0.391. The van der Waals surface area contributed by atoms with Gasteiger partial charge in [-0.15, -0.1) is 0 Å². The van der Waals surface area contributed by atoms with Gasteiger partial charge in [-0.05, 0) is 42.5 Å². The fraction of sp³-hybridized carbons (Fsp3) is 0.231. The van der Waals surface area contributed by atoms with E-state index in [1.54, 1.807) is 0 Å². The molecule has 3 rings (SSSR count).